The van der Waals surface area contributed by atoms with Crippen LogP contribution in [-0.2, 0) is 13.7 Å². The van der Waals surface area contributed by atoms with Crippen LogP contribution < -0.4 is 4.74 Å². The zero-order valence-corrected chi connectivity index (χ0v) is 17.8. The molecule has 0 aliphatic carbocycles. The van der Waals surface area contributed by atoms with E-state index in [1.165, 1.54) is 0 Å². The molecule has 0 aliphatic heterocycles. The fraction of sp³-hybridized carbons (Fsp3) is 0.0769. The molecule has 0 bridgehead atoms. The van der Waals surface area contributed by atoms with Gasteiger partial charge in [0.1, 0.15) is 12.4 Å². The number of hydrogen-bond donors (Lipinski definition) is 1. The second-order valence-corrected chi connectivity index (χ2v) is 7.56. The number of aryl methyl sites for hydroxylation is 1. The number of carbonyl (C=O) groups is 1. The van der Waals surface area contributed by atoms with E-state index in [1.54, 1.807) is 18.5 Å². The fourth-order valence-corrected chi connectivity index (χ4v) is 3.83. The smallest absolute Gasteiger partial charge is 0.337 e. The molecular weight excluding hydrogens is 416 g/mol. The van der Waals surface area contributed by atoms with Crippen molar-refractivity contribution < 1.29 is 14.6 Å². The maximum Gasteiger partial charge on any atom is 0.337 e. The summed E-state index contributed by atoms with van der Waals surface area (Å²) < 4.78 is 7.73. The number of aromatic carboxylic acids is 1. The minimum absolute atomic E-state index is 0.0553. The third-order valence-electron chi connectivity index (χ3n) is 5.47. The van der Waals surface area contributed by atoms with Gasteiger partial charge in [0.05, 0.1) is 28.7 Å². The van der Waals surface area contributed by atoms with Gasteiger partial charge in [0.15, 0.2) is 0 Å². The lowest BCUT2D eigenvalue weighted by atomic mass is 10.0. The van der Waals surface area contributed by atoms with E-state index in [2.05, 4.69) is 15.1 Å². The average Bonchev–Trinajstić information content (AvgIpc) is 3.24. The molecule has 0 unspecified atom stereocenters. The maximum absolute atomic E-state index is 11.7. The molecule has 162 valence electrons. The van der Waals surface area contributed by atoms with Crippen molar-refractivity contribution in [2.75, 3.05) is 0 Å². The molecule has 0 saturated carbocycles. The molecule has 0 spiro atoms. The van der Waals surface area contributed by atoms with E-state index >= 15 is 0 Å². The first-order valence-corrected chi connectivity index (χ1v) is 10.4. The summed E-state index contributed by atoms with van der Waals surface area (Å²) in [6, 6.07) is 20.6. The van der Waals surface area contributed by atoms with Crippen LogP contribution in [0.4, 0.5) is 0 Å². The molecule has 3 aromatic heterocycles. The first kappa shape index (κ1) is 20.4. The summed E-state index contributed by atoms with van der Waals surface area (Å²) in [5.41, 5.74) is 5.29. The third kappa shape index (κ3) is 4.04. The van der Waals surface area contributed by atoms with Crippen LogP contribution in [-0.4, -0.2) is 30.8 Å². The summed E-state index contributed by atoms with van der Waals surface area (Å²) in [4.78, 5) is 20.3. The van der Waals surface area contributed by atoms with Crippen LogP contribution in [0.2, 0.25) is 0 Å². The Kier molecular flexibility index (Phi) is 5.28. The Hall–Kier alpha value is -4.52. The van der Waals surface area contributed by atoms with Gasteiger partial charge in [-0.1, -0.05) is 18.2 Å². The van der Waals surface area contributed by atoms with Gasteiger partial charge in [0.2, 0.25) is 0 Å². The van der Waals surface area contributed by atoms with Crippen LogP contribution >= 0.6 is 0 Å². The number of carboxylic acids is 1. The van der Waals surface area contributed by atoms with Crippen LogP contribution in [0.1, 0.15) is 16.1 Å². The van der Waals surface area contributed by atoms with Crippen LogP contribution in [0.3, 0.4) is 0 Å². The van der Waals surface area contributed by atoms with Crippen molar-refractivity contribution in [2.45, 2.75) is 6.61 Å². The molecule has 7 heteroatoms. The van der Waals surface area contributed by atoms with E-state index < -0.39 is 5.97 Å². The quantitative estimate of drug-likeness (QED) is 0.404. The lowest BCUT2D eigenvalue weighted by Crippen LogP contribution is -2.08. The molecule has 0 fully saturated rings. The van der Waals surface area contributed by atoms with Crippen molar-refractivity contribution in [3.8, 4) is 28.1 Å². The van der Waals surface area contributed by atoms with Gasteiger partial charge in [-0.3, -0.25) is 9.67 Å². The van der Waals surface area contributed by atoms with Crippen molar-refractivity contribution in [1.29, 1.82) is 0 Å². The number of carboxylic acid groups (broad SMARTS) is 1. The van der Waals surface area contributed by atoms with Gasteiger partial charge in [-0.2, -0.15) is 5.10 Å². The molecule has 2 aromatic carbocycles. The first-order valence-electron chi connectivity index (χ1n) is 10.4. The topological polar surface area (TPSA) is 90.1 Å². The Bertz CT molecular complexity index is 1440. The normalized spacial score (nSPS) is 10.9. The van der Waals surface area contributed by atoms with Gasteiger partial charge in [0, 0.05) is 36.0 Å². The third-order valence-corrected chi connectivity index (χ3v) is 5.47. The Morgan fingerprint density at radius 2 is 1.76 bits per heavy atom. The summed E-state index contributed by atoms with van der Waals surface area (Å²) in [5, 5.41) is 14.8. The number of rotatable bonds is 6. The summed E-state index contributed by atoms with van der Waals surface area (Å²) in [6.45, 7) is 0.0553. The van der Waals surface area contributed by atoms with E-state index in [9.17, 15) is 9.90 Å². The van der Waals surface area contributed by atoms with Gasteiger partial charge in [0.25, 0.3) is 0 Å². The molecule has 5 rings (SSSR count). The summed E-state index contributed by atoms with van der Waals surface area (Å²) in [5.74, 6) is -0.403. The number of hydrogen-bond acceptors (Lipinski definition) is 5. The van der Waals surface area contributed by atoms with Gasteiger partial charge in [-0.05, 0) is 54.1 Å². The predicted octanol–water partition coefficient (Wildman–Crippen LogP) is 4.97. The van der Waals surface area contributed by atoms with Crippen molar-refractivity contribution >= 4 is 16.9 Å². The number of aromatic nitrogens is 4. The SMILES string of the molecule is Cn1ncc(-c2ccncc2)c1-c1ccc(OCc2nc3ccccc3cc2C(=O)O)cc1. The van der Waals surface area contributed by atoms with E-state index in [0.29, 0.717) is 11.4 Å². The average molecular weight is 436 g/mol. The highest BCUT2D eigenvalue weighted by molar-refractivity contribution is 5.94. The molecule has 1 N–H and O–H groups in total. The van der Waals surface area contributed by atoms with Gasteiger partial charge in [-0.15, -0.1) is 0 Å². The van der Waals surface area contributed by atoms with Crippen LogP contribution in [0, 0.1) is 0 Å². The number of ether oxygens (including phenoxy) is 1. The van der Waals surface area contributed by atoms with Crippen molar-refractivity contribution in [2.24, 2.45) is 7.05 Å². The number of benzene rings is 2. The number of pyridine rings is 2. The highest BCUT2D eigenvalue weighted by Crippen LogP contribution is 2.32. The second kappa shape index (κ2) is 8.55. The highest BCUT2D eigenvalue weighted by atomic mass is 16.5. The minimum Gasteiger partial charge on any atom is -0.487 e. The Balaban J connectivity index is 1.40. The standard InChI is InChI=1S/C26H20N4O3/c1-30-25(22(15-28-30)17-10-12-27-13-11-17)18-6-8-20(9-7-18)33-16-24-21(26(31)32)14-19-4-2-3-5-23(19)29-24/h2-15H,16H2,1H3,(H,31,32). The number of para-hydroxylation sites is 1. The monoisotopic (exact) mass is 436 g/mol. The molecule has 3 heterocycles. The van der Waals surface area contributed by atoms with E-state index in [1.807, 2.05) is 78.6 Å². The zero-order chi connectivity index (χ0) is 22.8. The van der Waals surface area contributed by atoms with Gasteiger partial charge >= 0.3 is 5.97 Å². The molecule has 0 amide bonds. The van der Waals surface area contributed by atoms with Gasteiger partial charge in [-0.25, -0.2) is 9.78 Å². The minimum atomic E-state index is -1.03. The molecular formula is C26H20N4O3. The van der Waals surface area contributed by atoms with Crippen molar-refractivity contribution in [3.63, 3.8) is 0 Å². The Labute approximate surface area is 189 Å². The second-order valence-electron chi connectivity index (χ2n) is 7.56. The fourth-order valence-electron chi connectivity index (χ4n) is 3.83. The van der Waals surface area contributed by atoms with E-state index in [0.717, 1.165) is 33.3 Å². The Morgan fingerprint density at radius 1 is 1.00 bits per heavy atom. The van der Waals surface area contributed by atoms with Crippen LogP contribution in [0.5, 0.6) is 5.75 Å². The van der Waals surface area contributed by atoms with Crippen molar-refractivity contribution in [1.82, 2.24) is 19.7 Å². The van der Waals surface area contributed by atoms with Crippen LogP contribution in [0.15, 0.2) is 85.3 Å². The lowest BCUT2D eigenvalue weighted by Gasteiger charge is -2.11. The van der Waals surface area contributed by atoms with Crippen molar-refractivity contribution in [3.05, 3.63) is 96.6 Å². The molecule has 33 heavy (non-hydrogen) atoms. The number of fused-ring (bicyclic) bond motifs is 1. The zero-order valence-electron chi connectivity index (χ0n) is 17.8. The van der Waals surface area contributed by atoms with E-state index in [-0.39, 0.29) is 12.2 Å². The van der Waals surface area contributed by atoms with E-state index in [4.69, 9.17) is 4.74 Å². The largest absolute Gasteiger partial charge is 0.487 e. The molecule has 5 aromatic rings. The maximum atomic E-state index is 11.7. The number of nitrogens with zero attached hydrogens (tertiary/aromatic N) is 4. The lowest BCUT2D eigenvalue weighted by molar-refractivity contribution is 0.0693. The molecule has 0 saturated heterocycles. The summed E-state index contributed by atoms with van der Waals surface area (Å²) in [6.07, 6.45) is 5.36. The summed E-state index contributed by atoms with van der Waals surface area (Å²) >= 11 is 0. The Morgan fingerprint density at radius 3 is 2.52 bits per heavy atom. The molecule has 0 radical (unpaired) electrons. The first-order chi connectivity index (χ1) is 16.1. The van der Waals surface area contributed by atoms with Gasteiger partial charge < -0.3 is 9.84 Å². The molecule has 7 nitrogen and oxygen atoms in total. The summed E-state index contributed by atoms with van der Waals surface area (Å²) in [7, 11) is 1.91. The highest BCUT2D eigenvalue weighted by Gasteiger charge is 2.15. The molecule has 0 aliphatic rings. The predicted molar refractivity (Wildman–Crippen MR) is 125 cm³/mol. The van der Waals surface area contributed by atoms with Crippen LogP contribution in [0.25, 0.3) is 33.3 Å². The molecule has 0 atom stereocenters.